The highest BCUT2D eigenvalue weighted by Crippen LogP contribution is 2.09. The molecular formula is C16H18N6O. The molecule has 0 spiro atoms. The predicted molar refractivity (Wildman–Crippen MR) is 88.3 cm³/mol. The minimum absolute atomic E-state index is 0.216. The summed E-state index contributed by atoms with van der Waals surface area (Å²) >= 11 is 0. The number of nitrogens with one attached hydrogen (secondary N) is 1. The Balaban J connectivity index is 1.98. The molecule has 0 atom stereocenters. The van der Waals surface area contributed by atoms with E-state index in [2.05, 4.69) is 20.2 Å². The van der Waals surface area contributed by atoms with Gasteiger partial charge in [0.1, 0.15) is 0 Å². The van der Waals surface area contributed by atoms with Crippen LogP contribution in [0.4, 0.5) is 0 Å². The van der Waals surface area contributed by atoms with Gasteiger partial charge in [0, 0.05) is 24.5 Å². The number of aromatic amines is 1. The molecule has 0 aliphatic carbocycles. The summed E-state index contributed by atoms with van der Waals surface area (Å²) in [7, 11) is 0. The average Bonchev–Trinajstić information content (AvgIpc) is 3.10. The zero-order valence-corrected chi connectivity index (χ0v) is 13.3. The van der Waals surface area contributed by atoms with E-state index in [0.717, 1.165) is 23.6 Å². The highest BCUT2D eigenvalue weighted by atomic mass is 16.1. The second kappa shape index (κ2) is 6.04. The molecule has 0 saturated heterocycles. The van der Waals surface area contributed by atoms with Crippen molar-refractivity contribution in [2.24, 2.45) is 0 Å². The number of hydrogen-bond donors (Lipinski definition) is 1. The predicted octanol–water partition coefficient (Wildman–Crippen LogP) is 1.96. The van der Waals surface area contributed by atoms with Gasteiger partial charge >= 0.3 is 0 Å². The zero-order chi connectivity index (χ0) is 16.4. The van der Waals surface area contributed by atoms with Gasteiger partial charge in [0.15, 0.2) is 0 Å². The molecule has 118 valence electrons. The van der Waals surface area contributed by atoms with E-state index in [1.54, 1.807) is 17.0 Å². The van der Waals surface area contributed by atoms with Gasteiger partial charge in [0.05, 0.1) is 17.1 Å². The van der Waals surface area contributed by atoms with Gasteiger partial charge in [-0.05, 0) is 45.1 Å². The second-order valence-corrected chi connectivity index (χ2v) is 5.24. The van der Waals surface area contributed by atoms with Gasteiger partial charge in [-0.25, -0.2) is 9.67 Å². The van der Waals surface area contributed by atoms with Gasteiger partial charge in [-0.3, -0.25) is 14.5 Å². The summed E-state index contributed by atoms with van der Waals surface area (Å²) < 4.78 is 3.50. The molecule has 0 amide bonds. The largest absolute Gasteiger partial charge is 0.291 e. The molecule has 0 aliphatic heterocycles. The Bertz CT molecular complexity index is 915. The number of nitrogens with zero attached hydrogens (tertiary/aromatic N) is 5. The molecule has 3 rings (SSSR count). The molecule has 7 nitrogen and oxygen atoms in total. The number of H-pyrrole nitrogens is 1. The SMILES string of the molecule is CCn1nccc1C=Cc1cc(=O)[nH]c(-n2nc(C)cc2C)n1. The first-order chi connectivity index (χ1) is 11.1. The lowest BCUT2D eigenvalue weighted by Crippen LogP contribution is -2.14. The first kappa shape index (κ1) is 15.0. The first-order valence-corrected chi connectivity index (χ1v) is 7.41. The Labute approximate surface area is 133 Å². The second-order valence-electron chi connectivity index (χ2n) is 5.24. The lowest BCUT2D eigenvalue weighted by molar-refractivity contribution is 0.654. The third-order valence-corrected chi connectivity index (χ3v) is 3.43. The minimum atomic E-state index is -0.216. The van der Waals surface area contributed by atoms with E-state index in [1.807, 2.05) is 43.7 Å². The fourth-order valence-electron chi connectivity index (χ4n) is 2.41. The maximum atomic E-state index is 11.9. The van der Waals surface area contributed by atoms with Crippen LogP contribution in [0, 0.1) is 13.8 Å². The van der Waals surface area contributed by atoms with Crippen molar-refractivity contribution in [2.75, 3.05) is 0 Å². The van der Waals surface area contributed by atoms with Crippen LogP contribution in [0.15, 0.2) is 29.2 Å². The third kappa shape index (κ3) is 3.13. The van der Waals surface area contributed by atoms with Crippen LogP contribution in [-0.4, -0.2) is 29.5 Å². The normalized spacial score (nSPS) is 11.4. The molecule has 0 bridgehead atoms. The maximum absolute atomic E-state index is 11.9. The van der Waals surface area contributed by atoms with Crippen molar-refractivity contribution in [2.45, 2.75) is 27.3 Å². The lowest BCUT2D eigenvalue weighted by Gasteiger charge is -2.04. The van der Waals surface area contributed by atoms with Crippen LogP contribution in [-0.2, 0) is 6.54 Å². The fraction of sp³-hybridized carbons (Fsp3) is 0.250. The van der Waals surface area contributed by atoms with Crippen molar-refractivity contribution in [1.29, 1.82) is 0 Å². The molecule has 7 heteroatoms. The van der Waals surface area contributed by atoms with E-state index in [0.29, 0.717) is 11.6 Å². The monoisotopic (exact) mass is 310 g/mol. The summed E-state index contributed by atoms with van der Waals surface area (Å²) in [5.74, 6) is 0.409. The van der Waals surface area contributed by atoms with E-state index < -0.39 is 0 Å². The van der Waals surface area contributed by atoms with Gasteiger partial charge in [-0.1, -0.05) is 0 Å². The summed E-state index contributed by atoms with van der Waals surface area (Å²) in [4.78, 5) is 19.1. The maximum Gasteiger partial charge on any atom is 0.252 e. The fourth-order valence-corrected chi connectivity index (χ4v) is 2.41. The van der Waals surface area contributed by atoms with Gasteiger partial charge in [-0.15, -0.1) is 0 Å². The summed E-state index contributed by atoms with van der Waals surface area (Å²) in [6, 6.07) is 5.30. The Morgan fingerprint density at radius 2 is 2.09 bits per heavy atom. The van der Waals surface area contributed by atoms with Crippen molar-refractivity contribution >= 4 is 12.2 Å². The third-order valence-electron chi connectivity index (χ3n) is 3.43. The Kier molecular flexibility index (Phi) is 3.92. The Morgan fingerprint density at radius 1 is 1.26 bits per heavy atom. The number of aromatic nitrogens is 6. The zero-order valence-electron chi connectivity index (χ0n) is 13.3. The van der Waals surface area contributed by atoms with E-state index in [-0.39, 0.29) is 5.56 Å². The topological polar surface area (TPSA) is 81.4 Å². The number of hydrogen-bond acceptors (Lipinski definition) is 4. The highest BCUT2D eigenvalue weighted by Gasteiger charge is 2.07. The van der Waals surface area contributed by atoms with Crippen LogP contribution < -0.4 is 5.56 Å². The minimum Gasteiger partial charge on any atom is -0.291 e. The number of rotatable bonds is 4. The molecule has 0 aliphatic rings. The first-order valence-electron chi connectivity index (χ1n) is 7.41. The number of aryl methyl sites for hydroxylation is 3. The Hall–Kier alpha value is -2.96. The van der Waals surface area contributed by atoms with Gasteiger partial charge in [-0.2, -0.15) is 10.2 Å². The van der Waals surface area contributed by atoms with Crippen LogP contribution in [0.2, 0.25) is 0 Å². The standard InChI is InChI=1S/C16H18N6O/c1-4-21-14(7-8-17-21)6-5-13-10-15(23)19-16(18-13)22-12(3)9-11(2)20-22/h5-10H,4H2,1-3H3,(H,18,19,23). The molecular weight excluding hydrogens is 292 g/mol. The van der Waals surface area contributed by atoms with Crippen LogP contribution in [0.3, 0.4) is 0 Å². The average molecular weight is 310 g/mol. The van der Waals surface area contributed by atoms with E-state index >= 15 is 0 Å². The highest BCUT2D eigenvalue weighted by molar-refractivity contribution is 5.66. The van der Waals surface area contributed by atoms with Crippen molar-refractivity contribution < 1.29 is 0 Å². The molecule has 0 unspecified atom stereocenters. The van der Waals surface area contributed by atoms with Crippen molar-refractivity contribution in [1.82, 2.24) is 29.5 Å². The van der Waals surface area contributed by atoms with E-state index in [4.69, 9.17) is 0 Å². The molecule has 0 aromatic carbocycles. The quantitative estimate of drug-likeness (QED) is 0.798. The van der Waals surface area contributed by atoms with Crippen molar-refractivity contribution in [3.05, 3.63) is 57.5 Å². The van der Waals surface area contributed by atoms with Crippen LogP contribution >= 0.6 is 0 Å². The van der Waals surface area contributed by atoms with E-state index in [1.165, 1.54) is 6.07 Å². The Morgan fingerprint density at radius 3 is 2.78 bits per heavy atom. The molecule has 1 N–H and O–H groups in total. The lowest BCUT2D eigenvalue weighted by atomic mass is 10.3. The molecule has 3 heterocycles. The smallest absolute Gasteiger partial charge is 0.252 e. The van der Waals surface area contributed by atoms with Crippen LogP contribution in [0.5, 0.6) is 0 Å². The van der Waals surface area contributed by atoms with Crippen LogP contribution in [0.25, 0.3) is 18.1 Å². The van der Waals surface area contributed by atoms with E-state index in [9.17, 15) is 4.79 Å². The molecule has 3 aromatic heterocycles. The summed E-state index contributed by atoms with van der Waals surface area (Å²) in [5.41, 5.74) is 3.10. The van der Waals surface area contributed by atoms with Gasteiger partial charge in [0.2, 0.25) is 5.95 Å². The molecule has 0 fully saturated rings. The molecule has 23 heavy (non-hydrogen) atoms. The summed E-state index contributed by atoms with van der Waals surface area (Å²) in [6.45, 7) is 6.63. The molecule has 0 saturated carbocycles. The summed E-state index contributed by atoms with van der Waals surface area (Å²) in [5, 5.41) is 8.55. The van der Waals surface area contributed by atoms with Crippen molar-refractivity contribution in [3.8, 4) is 5.95 Å². The van der Waals surface area contributed by atoms with Gasteiger partial charge < -0.3 is 0 Å². The van der Waals surface area contributed by atoms with Gasteiger partial charge in [0.25, 0.3) is 5.56 Å². The van der Waals surface area contributed by atoms with Crippen molar-refractivity contribution in [3.63, 3.8) is 0 Å². The molecule has 3 aromatic rings. The summed E-state index contributed by atoms with van der Waals surface area (Å²) in [6.07, 6.45) is 5.44. The van der Waals surface area contributed by atoms with Crippen LogP contribution in [0.1, 0.15) is 29.7 Å². The molecule has 0 radical (unpaired) electrons.